The minimum absolute atomic E-state index is 0.139. The third-order valence-corrected chi connectivity index (χ3v) is 1.47. The van der Waals surface area contributed by atoms with Gasteiger partial charge in [-0.2, -0.15) is 0 Å². The zero-order valence-corrected chi connectivity index (χ0v) is 5.88. The molecular formula is C6H12N2O2. The highest BCUT2D eigenvalue weighted by Crippen LogP contribution is 1.95. The topological polar surface area (TPSA) is 55.6 Å². The van der Waals surface area contributed by atoms with E-state index in [9.17, 15) is 4.79 Å². The molecule has 0 aliphatic carbocycles. The number of esters is 1. The van der Waals surface area contributed by atoms with E-state index in [-0.39, 0.29) is 5.97 Å². The number of morpholine rings is 1. The number of carbonyl (C=O) groups excluding carboxylic acids is 1. The Balaban J connectivity index is 2.25. The van der Waals surface area contributed by atoms with Gasteiger partial charge in [0.1, 0.15) is 6.61 Å². The Labute approximate surface area is 59.9 Å². The highest BCUT2D eigenvalue weighted by Gasteiger charge is 2.15. The van der Waals surface area contributed by atoms with Gasteiger partial charge in [-0.1, -0.05) is 0 Å². The van der Waals surface area contributed by atoms with Crippen LogP contribution in [0.2, 0.25) is 0 Å². The molecule has 58 valence electrons. The van der Waals surface area contributed by atoms with E-state index in [0.29, 0.717) is 19.7 Å². The second-order valence-corrected chi connectivity index (χ2v) is 2.29. The minimum atomic E-state index is -0.139. The van der Waals surface area contributed by atoms with Crippen molar-refractivity contribution in [1.29, 1.82) is 0 Å². The number of nitrogens with zero attached hydrogens (tertiary/aromatic N) is 1. The summed E-state index contributed by atoms with van der Waals surface area (Å²) in [7, 11) is 0. The molecule has 1 heterocycles. The number of hydrogen-bond acceptors (Lipinski definition) is 4. The molecule has 0 atom stereocenters. The first-order valence-electron chi connectivity index (χ1n) is 3.41. The normalized spacial score (nSPS) is 20.7. The molecule has 0 unspecified atom stereocenters. The van der Waals surface area contributed by atoms with Crippen molar-refractivity contribution < 1.29 is 9.53 Å². The summed E-state index contributed by atoms with van der Waals surface area (Å²) in [6.45, 7) is 3.13. The maximum absolute atomic E-state index is 10.6. The summed E-state index contributed by atoms with van der Waals surface area (Å²) in [6.07, 6.45) is 0. The van der Waals surface area contributed by atoms with Gasteiger partial charge in [0, 0.05) is 19.6 Å². The van der Waals surface area contributed by atoms with Gasteiger partial charge in [0.15, 0.2) is 0 Å². The van der Waals surface area contributed by atoms with Crippen molar-refractivity contribution in [2.75, 3.05) is 32.8 Å². The van der Waals surface area contributed by atoms with Gasteiger partial charge in [0.2, 0.25) is 0 Å². The third-order valence-electron chi connectivity index (χ3n) is 1.47. The Morgan fingerprint density at radius 3 is 3.10 bits per heavy atom. The molecule has 0 bridgehead atoms. The Morgan fingerprint density at radius 1 is 1.70 bits per heavy atom. The molecule has 0 saturated carbocycles. The fourth-order valence-corrected chi connectivity index (χ4v) is 0.969. The van der Waals surface area contributed by atoms with Crippen LogP contribution >= 0.6 is 0 Å². The first-order valence-corrected chi connectivity index (χ1v) is 3.41. The lowest BCUT2D eigenvalue weighted by Crippen LogP contribution is -2.42. The third kappa shape index (κ3) is 1.97. The van der Waals surface area contributed by atoms with E-state index in [1.165, 1.54) is 0 Å². The molecule has 0 aromatic carbocycles. The van der Waals surface area contributed by atoms with E-state index in [4.69, 9.17) is 10.5 Å². The molecule has 0 amide bonds. The van der Waals surface area contributed by atoms with E-state index in [1.807, 2.05) is 4.90 Å². The first kappa shape index (κ1) is 7.50. The first-order chi connectivity index (χ1) is 4.83. The standard InChI is InChI=1S/C6H12N2O2/c7-1-2-8-3-4-10-6(9)5-8/h1-5,7H2. The minimum Gasteiger partial charge on any atom is -0.463 e. The molecule has 0 aromatic heterocycles. The van der Waals surface area contributed by atoms with E-state index >= 15 is 0 Å². The summed E-state index contributed by atoms with van der Waals surface area (Å²) >= 11 is 0. The second-order valence-electron chi connectivity index (χ2n) is 2.29. The van der Waals surface area contributed by atoms with Gasteiger partial charge < -0.3 is 10.5 Å². The van der Waals surface area contributed by atoms with Crippen molar-refractivity contribution in [2.24, 2.45) is 5.73 Å². The van der Waals surface area contributed by atoms with E-state index in [1.54, 1.807) is 0 Å². The lowest BCUT2D eigenvalue weighted by Gasteiger charge is -2.24. The Morgan fingerprint density at radius 2 is 2.50 bits per heavy atom. The molecule has 1 saturated heterocycles. The summed E-state index contributed by atoms with van der Waals surface area (Å²) < 4.78 is 4.73. The number of rotatable bonds is 2. The fourth-order valence-electron chi connectivity index (χ4n) is 0.969. The van der Waals surface area contributed by atoms with Crippen molar-refractivity contribution >= 4 is 5.97 Å². The molecule has 1 rings (SSSR count). The number of cyclic esters (lactones) is 1. The van der Waals surface area contributed by atoms with Crippen molar-refractivity contribution in [3.05, 3.63) is 0 Å². The van der Waals surface area contributed by atoms with Crippen LogP contribution in [0.4, 0.5) is 0 Å². The van der Waals surface area contributed by atoms with Crippen molar-refractivity contribution in [3.63, 3.8) is 0 Å². The number of ether oxygens (including phenoxy) is 1. The maximum atomic E-state index is 10.6. The quantitative estimate of drug-likeness (QED) is 0.495. The van der Waals surface area contributed by atoms with Gasteiger partial charge in [0.25, 0.3) is 0 Å². The summed E-state index contributed by atoms with van der Waals surface area (Å²) in [4.78, 5) is 12.6. The molecular weight excluding hydrogens is 132 g/mol. The molecule has 0 spiro atoms. The Hall–Kier alpha value is -0.610. The van der Waals surface area contributed by atoms with Crippen LogP contribution in [0.15, 0.2) is 0 Å². The molecule has 0 aromatic rings. The highest BCUT2D eigenvalue weighted by atomic mass is 16.5. The van der Waals surface area contributed by atoms with Crippen LogP contribution in [0, 0.1) is 0 Å². The molecule has 2 N–H and O–H groups in total. The van der Waals surface area contributed by atoms with Crippen LogP contribution < -0.4 is 5.73 Å². The van der Waals surface area contributed by atoms with E-state index < -0.39 is 0 Å². The molecule has 4 nitrogen and oxygen atoms in total. The van der Waals surface area contributed by atoms with Gasteiger partial charge in [-0.25, -0.2) is 0 Å². The number of carbonyl (C=O) groups is 1. The molecule has 0 radical (unpaired) electrons. The molecule has 10 heavy (non-hydrogen) atoms. The average Bonchev–Trinajstić information content (AvgIpc) is 1.88. The smallest absolute Gasteiger partial charge is 0.320 e. The molecule has 1 aliphatic heterocycles. The number of nitrogens with two attached hydrogens (primary N) is 1. The monoisotopic (exact) mass is 144 g/mol. The van der Waals surface area contributed by atoms with Crippen LogP contribution in [0.25, 0.3) is 0 Å². The summed E-state index contributed by atoms with van der Waals surface area (Å²) in [6, 6.07) is 0. The van der Waals surface area contributed by atoms with Gasteiger partial charge in [-0.3, -0.25) is 9.69 Å². The Bertz CT molecular complexity index is 125. The van der Waals surface area contributed by atoms with Gasteiger partial charge in [0.05, 0.1) is 6.54 Å². The van der Waals surface area contributed by atoms with Gasteiger partial charge in [-0.05, 0) is 0 Å². The maximum Gasteiger partial charge on any atom is 0.320 e. The molecule has 1 aliphatic rings. The highest BCUT2D eigenvalue weighted by molar-refractivity contribution is 5.72. The van der Waals surface area contributed by atoms with Crippen LogP contribution in [-0.4, -0.2) is 43.7 Å². The van der Waals surface area contributed by atoms with Crippen molar-refractivity contribution in [3.8, 4) is 0 Å². The zero-order chi connectivity index (χ0) is 7.40. The number of hydrogen-bond donors (Lipinski definition) is 1. The van der Waals surface area contributed by atoms with E-state index in [2.05, 4.69) is 0 Å². The van der Waals surface area contributed by atoms with Gasteiger partial charge >= 0.3 is 5.97 Å². The summed E-state index contributed by atoms with van der Waals surface area (Å²) in [5.74, 6) is -0.139. The fraction of sp³-hybridized carbons (Fsp3) is 0.833. The second kappa shape index (κ2) is 3.53. The summed E-state index contributed by atoms with van der Waals surface area (Å²) in [5.41, 5.74) is 5.31. The predicted octanol–water partition coefficient (Wildman–Crippen LogP) is -1.20. The lowest BCUT2D eigenvalue weighted by molar-refractivity contribution is -0.150. The van der Waals surface area contributed by atoms with Crippen LogP contribution in [0.1, 0.15) is 0 Å². The molecule has 4 heteroatoms. The van der Waals surface area contributed by atoms with Crippen LogP contribution in [-0.2, 0) is 9.53 Å². The Kier molecular flexibility index (Phi) is 2.65. The predicted molar refractivity (Wildman–Crippen MR) is 36.5 cm³/mol. The van der Waals surface area contributed by atoms with Crippen molar-refractivity contribution in [1.82, 2.24) is 4.90 Å². The zero-order valence-electron chi connectivity index (χ0n) is 5.88. The SMILES string of the molecule is NCCN1CCOC(=O)C1. The average molecular weight is 144 g/mol. The van der Waals surface area contributed by atoms with E-state index in [0.717, 1.165) is 13.1 Å². The largest absolute Gasteiger partial charge is 0.463 e. The lowest BCUT2D eigenvalue weighted by atomic mass is 10.4. The van der Waals surface area contributed by atoms with Crippen LogP contribution in [0.3, 0.4) is 0 Å². The van der Waals surface area contributed by atoms with Crippen molar-refractivity contribution in [2.45, 2.75) is 0 Å². The molecule has 1 fully saturated rings. The van der Waals surface area contributed by atoms with Crippen LogP contribution in [0.5, 0.6) is 0 Å². The van der Waals surface area contributed by atoms with Gasteiger partial charge in [-0.15, -0.1) is 0 Å². The summed E-state index contributed by atoms with van der Waals surface area (Å²) in [5, 5.41) is 0.